The van der Waals surface area contributed by atoms with Crippen molar-refractivity contribution in [1.82, 2.24) is 10.2 Å². The third kappa shape index (κ3) is 4.13. The SMILES string of the molecule is CC=CC=CC(=O)N1CSCC1C(=O)NCC1CC1. The number of nitrogens with one attached hydrogen (secondary N) is 1. The lowest BCUT2D eigenvalue weighted by Gasteiger charge is -2.21. The molecule has 1 aliphatic carbocycles. The van der Waals surface area contributed by atoms with Gasteiger partial charge in [-0.3, -0.25) is 9.59 Å². The van der Waals surface area contributed by atoms with Gasteiger partial charge in [0.25, 0.3) is 0 Å². The molecule has 0 aromatic rings. The van der Waals surface area contributed by atoms with Gasteiger partial charge in [-0.05, 0) is 25.7 Å². The van der Waals surface area contributed by atoms with E-state index in [2.05, 4.69) is 5.32 Å². The van der Waals surface area contributed by atoms with E-state index < -0.39 is 0 Å². The van der Waals surface area contributed by atoms with Crippen LogP contribution in [0, 0.1) is 5.92 Å². The molecule has 2 amide bonds. The van der Waals surface area contributed by atoms with Crippen LogP contribution in [-0.2, 0) is 9.59 Å². The number of rotatable bonds is 5. The molecule has 104 valence electrons. The molecule has 2 rings (SSSR count). The highest BCUT2D eigenvalue weighted by atomic mass is 32.2. The summed E-state index contributed by atoms with van der Waals surface area (Å²) < 4.78 is 0. The molecule has 0 spiro atoms. The third-order valence-electron chi connectivity index (χ3n) is 3.27. The zero-order valence-corrected chi connectivity index (χ0v) is 12.0. The van der Waals surface area contributed by atoms with Gasteiger partial charge in [0.2, 0.25) is 11.8 Å². The average molecular weight is 280 g/mol. The van der Waals surface area contributed by atoms with Gasteiger partial charge in [-0.25, -0.2) is 0 Å². The Morgan fingerprint density at radius 2 is 2.16 bits per heavy atom. The van der Waals surface area contributed by atoms with Crippen LogP contribution >= 0.6 is 11.8 Å². The Labute approximate surface area is 118 Å². The highest BCUT2D eigenvalue weighted by Gasteiger charge is 2.34. The van der Waals surface area contributed by atoms with Gasteiger partial charge < -0.3 is 10.2 Å². The third-order valence-corrected chi connectivity index (χ3v) is 4.28. The van der Waals surface area contributed by atoms with Gasteiger partial charge in [-0.15, -0.1) is 11.8 Å². The number of hydrogen-bond acceptors (Lipinski definition) is 3. The number of allylic oxidation sites excluding steroid dienone is 3. The van der Waals surface area contributed by atoms with Crippen LogP contribution in [0.15, 0.2) is 24.3 Å². The number of nitrogens with zero attached hydrogens (tertiary/aromatic N) is 1. The van der Waals surface area contributed by atoms with Crippen molar-refractivity contribution in [2.75, 3.05) is 18.2 Å². The van der Waals surface area contributed by atoms with Crippen LogP contribution < -0.4 is 5.32 Å². The Morgan fingerprint density at radius 3 is 2.84 bits per heavy atom. The lowest BCUT2D eigenvalue weighted by Crippen LogP contribution is -2.47. The number of carbonyl (C=O) groups excluding carboxylic acids is 2. The molecule has 4 nitrogen and oxygen atoms in total. The van der Waals surface area contributed by atoms with Crippen molar-refractivity contribution < 1.29 is 9.59 Å². The normalized spacial score (nSPS) is 23.4. The highest BCUT2D eigenvalue weighted by Crippen LogP contribution is 2.28. The van der Waals surface area contributed by atoms with Crippen molar-refractivity contribution in [3.8, 4) is 0 Å². The van der Waals surface area contributed by atoms with Crippen LogP contribution in [0.4, 0.5) is 0 Å². The second-order valence-electron chi connectivity index (χ2n) is 4.90. The number of hydrogen-bond donors (Lipinski definition) is 1. The van der Waals surface area contributed by atoms with E-state index in [1.54, 1.807) is 22.7 Å². The molecule has 1 heterocycles. The molecular formula is C14H20N2O2S. The molecular weight excluding hydrogens is 260 g/mol. The van der Waals surface area contributed by atoms with E-state index in [1.807, 2.05) is 19.1 Å². The molecule has 0 bridgehead atoms. The Morgan fingerprint density at radius 1 is 1.37 bits per heavy atom. The molecule has 19 heavy (non-hydrogen) atoms. The first kappa shape index (κ1) is 14.2. The van der Waals surface area contributed by atoms with Crippen molar-refractivity contribution in [3.63, 3.8) is 0 Å². The average Bonchev–Trinajstić information content (AvgIpc) is 3.10. The van der Waals surface area contributed by atoms with Crippen molar-refractivity contribution in [3.05, 3.63) is 24.3 Å². The molecule has 1 N–H and O–H groups in total. The Hall–Kier alpha value is -1.23. The Balaban J connectivity index is 1.87. The monoisotopic (exact) mass is 280 g/mol. The summed E-state index contributed by atoms with van der Waals surface area (Å²) in [6.45, 7) is 2.66. The van der Waals surface area contributed by atoms with E-state index in [-0.39, 0.29) is 17.9 Å². The minimum absolute atomic E-state index is 0.00955. The van der Waals surface area contributed by atoms with Crippen LogP contribution in [0.25, 0.3) is 0 Å². The first-order valence-electron chi connectivity index (χ1n) is 6.67. The first-order valence-corrected chi connectivity index (χ1v) is 7.83. The molecule has 1 aliphatic heterocycles. The van der Waals surface area contributed by atoms with Crippen LogP contribution in [0.2, 0.25) is 0 Å². The predicted molar refractivity (Wildman–Crippen MR) is 77.6 cm³/mol. The van der Waals surface area contributed by atoms with Gasteiger partial charge in [0.1, 0.15) is 6.04 Å². The number of carbonyl (C=O) groups is 2. The zero-order valence-electron chi connectivity index (χ0n) is 11.2. The molecule has 0 aromatic carbocycles. The highest BCUT2D eigenvalue weighted by molar-refractivity contribution is 7.99. The Kier molecular flexibility index (Phi) is 5.07. The zero-order chi connectivity index (χ0) is 13.7. The molecule has 1 atom stereocenters. The summed E-state index contributed by atoms with van der Waals surface area (Å²) in [6, 6.07) is -0.313. The van der Waals surface area contributed by atoms with Crippen molar-refractivity contribution in [1.29, 1.82) is 0 Å². The lowest BCUT2D eigenvalue weighted by molar-refractivity contribution is -0.134. The van der Waals surface area contributed by atoms with Gasteiger partial charge in [0, 0.05) is 18.4 Å². The molecule has 2 aliphatic rings. The molecule has 0 radical (unpaired) electrons. The lowest BCUT2D eigenvalue weighted by atomic mass is 10.2. The fraction of sp³-hybridized carbons (Fsp3) is 0.571. The summed E-state index contributed by atoms with van der Waals surface area (Å²) in [5, 5.41) is 2.95. The second-order valence-corrected chi connectivity index (χ2v) is 5.90. The van der Waals surface area contributed by atoms with E-state index in [1.165, 1.54) is 18.9 Å². The summed E-state index contributed by atoms with van der Waals surface area (Å²) in [5.74, 6) is 1.86. The van der Waals surface area contributed by atoms with E-state index in [4.69, 9.17) is 0 Å². The maximum Gasteiger partial charge on any atom is 0.247 e. The summed E-state index contributed by atoms with van der Waals surface area (Å²) in [6.07, 6.45) is 9.34. The smallest absolute Gasteiger partial charge is 0.247 e. The quantitative estimate of drug-likeness (QED) is 0.614. The van der Waals surface area contributed by atoms with Gasteiger partial charge >= 0.3 is 0 Å². The molecule has 2 fully saturated rings. The summed E-state index contributed by atoms with van der Waals surface area (Å²) >= 11 is 1.63. The van der Waals surface area contributed by atoms with Crippen LogP contribution in [0.3, 0.4) is 0 Å². The summed E-state index contributed by atoms with van der Waals surface area (Å²) in [4.78, 5) is 25.7. The van der Waals surface area contributed by atoms with E-state index in [0.717, 1.165) is 6.54 Å². The number of thioether (sulfide) groups is 1. The molecule has 1 unspecified atom stereocenters. The van der Waals surface area contributed by atoms with Crippen molar-refractivity contribution in [2.45, 2.75) is 25.8 Å². The maximum absolute atomic E-state index is 12.1. The van der Waals surface area contributed by atoms with Gasteiger partial charge in [-0.1, -0.05) is 18.2 Å². The summed E-state index contributed by atoms with van der Waals surface area (Å²) in [5.41, 5.74) is 0. The minimum atomic E-state index is -0.313. The summed E-state index contributed by atoms with van der Waals surface area (Å²) in [7, 11) is 0. The predicted octanol–water partition coefficient (Wildman–Crippen LogP) is 1.55. The second kappa shape index (κ2) is 6.80. The maximum atomic E-state index is 12.1. The Bertz CT molecular complexity index is 402. The largest absolute Gasteiger partial charge is 0.354 e. The first-order chi connectivity index (χ1) is 9.22. The number of amides is 2. The van der Waals surface area contributed by atoms with Crippen LogP contribution in [0.1, 0.15) is 19.8 Å². The molecule has 1 saturated carbocycles. The van der Waals surface area contributed by atoms with Gasteiger partial charge in [-0.2, -0.15) is 0 Å². The fourth-order valence-electron chi connectivity index (χ4n) is 1.91. The van der Waals surface area contributed by atoms with Crippen molar-refractivity contribution in [2.24, 2.45) is 5.92 Å². The van der Waals surface area contributed by atoms with E-state index >= 15 is 0 Å². The fourth-order valence-corrected chi connectivity index (χ4v) is 3.07. The van der Waals surface area contributed by atoms with Crippen LogP contribution in [0.5, 0.6) is 0 Å². The van der Waals surface area contributed by atoms with E-state index in [0.29, 0.717) is 17.5 Å². The van der Waals surface area contributed by atoms with Gasteiger partial charge in [0.15, 0.2) is 0 Å². The van der Waals surface area contributed by atoms with Crippen molar-refractivity contribution >= 4 is 23.6 Å². The van der Waals surface area contributed by atoms with Crippen LogP contribution in [-0.4, -0.2) is 40.9 Å². The topological polar surface area (TPSA) is 49.4 Å². The molecule has 5 heteroatoms. The molecule has 0 aromatic heterocycles. The minimum Gasteiger partial charge on any atom is -0.354 e. The molecule has 1 saturated heterocycles. The standard InChI is InChI=1S/C14H20N2O2S/c1-2-3-4-5-13(17)16-10-19-9-12(16)14(18)15-8-11-6-7-11/h2-5,11-12H,6-10H2,1H3,(H,15,18). The van der Waals surface area contributed by atoms with E-state index in [9.17, 15) is 9.59 Å². The van der Waals surface area contributed by atoms with Gasteiger partial charge in [0.05, 0.1) is 5.88 Å².